The van der Waals surface area contributed by atoms with E-state index in [-0.39, 0.29) is 5.91 Å². The average Bonchev–Trinajstić information content (AvgIpc) is 2.52. The monoisotopic (exact) mass is 273 g/mol. The van der Waals surface area contributed by atoms with Crippen molar-refractivity contribution in [2.24, 2.45) is 0 Å². The highest BCUT2D eigenvalue weighted by atomic mass is 79.9. The third-order valence-corrected chi connectivity index (χ3v) is 2.60. The Balaban J connectivity index is 2.26. The third-order valence-electron chi connectivity index (χ3n) is 2.09. The first-order valence-corrected chi connectivity index (χ1v) is 6.09. The van der Waals surface area contributed by atoms with Crippen molar-refractivity contribution in [2.45, 2.75) is 26.8 Å². The molecule has 1 N–H and O–H groups in total. The van der Waals surface area contributed by atoms with Crippen LogP contribution in [0.3, 0.4) is 0 Å². The summed E-state index contributed by atoms with van der Waals surface area (Å²) in [4.78, 5) is 10.9. The smallest absolute Gasteiger partial charge is 0.230 e. The van der Waals surface area contributed by atoms with E-state index in [1.54, 1.807) is 0 Å². The Bertz CT molecular complexity index is 335. The van der Waals surface area contributed by atoms with E-state index in [1.807, 2.05) is 18.5 Å². The van der Waals surface area contributed by atoms with Crippen LogP contribution in [0.4, 0.5) is 0 Å². The van der Waals surface area contributed by atoms with Crippen LogP contribution in [0.5, 0.6) is 0 Å². The van der Waals surface area contributed by atoms with Gasteiger partial charge in [0.2, 0.25) is 5.91 Å². The second-order valence-electron chi connectivity index (χ2n) is 3.49. The summed E-state index contributed by atoms with van der Waals surface area (Å²) in [6, 6.07) is 2.05. The number of hydrogen-bond donors (Lipinski definition) is 1. The van der Waals surface area contributed by atoms with E-state index in [4.69, 9.17) is 0 Å². The molecular formula is C10H16BrN3O. The van der Waals surface area contributed by atoms with Gasteiger partial charge in [0.15, 0.2) is 0 Å². The zero-order valence-electron chi connectivity index (χ0n) is 9.09. The van der Waals surface area contributed by atoms with Gasteiger partial charge in [0.25, 0.3) is 0 Å². The maximum atomic E-state index is 10.9. The van der Waals surface area contributed by atoms with Crippen molar-refractivity contribution in [1.82, 2.24) is 15.1 Å². The fourth-order valence-corrected chi connectivity index (χ4v) is 1.60. The lowest BCUT2D eigenvalue weighted by atomic mass is 10.4. The fraction of sp³-hybridized carbons (Fsp3) is 0.600. The standard InChI is InChI=1S/C10H16BrN3O/c1-8-6-9(2)14(13-8)5-3-4-12-10(15)7-11/h6H,3-5,7H2,1-2H3,(H,12,15). The molecule has 84 valence electrons. The van der Waals surface area contributed by atoms with Gasteiger partial charge in [-0.2, -0.15) is 5.10 Å². The minimum atomic E-state index is 0.0309. The van der Waals surface area contributed by atoms with Crippen LogP contribution in [0.25, 0.3) is 0 Å². The van der Waals surface area contributed by atoms with Gasteiger partial charge in [0.1, 0.15) is 0 Å². The van der Waals surface area contributed by atoms with Crippen LogP contribution in [0, 0.1) is 13.8 Å². The molecule has 1 amide bonds. The number of halogens is 1. The number of carbonyl (C=O) groups is 1. The zero-order chi connectivity index (χ0) is 11.3. The molecule has 1 heterocycles. The van der Waals surface area contributed by atoms with Gasteiger partial charge in [0, 0.05) is 18.8 Å². The highest BCUT2D eigenvalue weighted by molar-refractivity contribution is 9.09. The molecule has 0 aromatic carbocycles. The van der Waals surface area contributed by atoms with Crippen molar-refractivity contribution in [3.63, 3.8) is 0 Å². The van der Waals surface area contributed by atoms with E-state index >= 15 is 0 Å². The van der Waals surface area contributed by atoms with Gasteiger partial charge >= 0.3 is 0 Å². The first-order chi connectivity index (χ1) is 7.13. The van der Waals surface area contributed by atoms with Crippen molar-refractivity contribution >= 4 is 21.8 Å². The molecule has 1 aromatic rings. The maximum absolute atomic E-state index is 10.9. The highest BCUT2D eigenvalue weighted by Gasteiger charge is 2.01. The molecule has 0 fully saturated rings. The van der Waals surface area contributed by atoms with Gasteiger partial charge in [-0.15, -0.1) is 0 Å². The SMILES string of the molecule is Cc1cc(C)n(CCCNC(=O)CBr)n1. The van der Waals surface area contributed by atoms with Gasteiger partial charge in [-0.3, -0.25) is 9.48 Å². The number of aromatic nitrogens is 2. The van der Waals surface area contributed by atoms with Crippen molar-refractivity contribution in [3.8, 4) is 0 Å². The number of carbonyl (C=O) groups excluding carboxylic acids is 1. The predicted molar refractivity (Wildman–Crippen MR) is 63.1 cm³/mol. The van der Waals surface area contributed by atoms with E-state index in [2.05, 4.69) is 32.4 Å². The van der Waals surface area contributed by atoms with Crippen molar-refractivity contribution < 1.29 is 4.79 Å². The Kier molecular flexibility index (Phi) is 4.81. The summed E-state index contributed by atoms with van der Waals surface area (Å²) >= 11 is 3.10. The molecule has 0 aliphatic heterocycles. The molecule has 0 aliphatic carbocycles. The number of amides is 1. The second kappa shape index (κ2) is 5.90. The quantitative estimate of drug-likeness (QED) is 0.651. The molecule has 4 nitrogen and oxygen atoms in total. The van der Waals surface area contributed by atoms with E-state index in [0.29, 0.717) is 11.9 Å². The summed E-state index contributed by atoms with van der Waals surface area (Å²) in [5.74, 6) is 0.0309. The first-order valence-electron chi connectivity index (χ1n) is 4.97. The molecule has 1 aromatic heterocycles. The van der Waals surface area contributed by atoms with Crippen LogP contribution in [0.1, 0.15) is 17.8 Å². The molecule has 0 saturated carbocycles. The highest BCUT2D eigenvalue weighted by Crippen LogP contribution is 2.02. The van der Waals surface area contributed by atoms with Crippen LogP contribution in [0.2, 0.25) is 0 Å². The normalized spacial score (nSPS) is 10.3. The number of nitrogens with zero attached hydrogens (tertiary/aromatic N) is 2. The Morgan fingerprint density at radius 2 is 2.33 bits per heavy atom. The summed E-state index contributed by atoms with van der Waals surface area (Å²) in [7, 11) is 0. The zero-order valence-corrected chi connectivity index (χ0v) is 10.7. The van der Waals surface area contributed by atoms with Gasteiger partial charge in [-0.1, -0.05) is 15.9 Å². The van der Waals surface area contributed by atoms with Crippen LogP contribution >= 0.6 is 15.9 Å². The molecule has 0 spiro atoms. The molecule has 0 unspecified atom stereocenters. The lowest BCUT2D eigenvalue weighted by molar-refractivity contribution is -0.118. The molecule has 0 atom stereocenters. The van der Waals surface area contributed by atoms with Gasteiger partial charge in [-0.25, -0.2) is 0 Å². The first kappa shape index (κ1) is 12.2. The molecule has 15 heavy (non-hydrogen) atoms. The molecule has 5 heteroatoms. The lowest BCUT2D eigenvalue weighted by Gasteiger charge is -2.05. The number of alkyl halides is 1. The Morgan fingerprint density at radius 3 is 2.87 bits per heavy atom. The van der Waals surface area contributed by atoms with Crippen molar-refractivity contribution in [3.05, 3.63) is 17.5 Å². The van der Waals surface area contributed by atoms with E-state index in [0.717, 1.165) is 18.7 Å². The fourth-order valence-electron chi connectivity index (χ4n) is 1.41. The largest absolute Gasteiger partial charge is 0.355 e. The summed E-state index contributed by atoms with van der Waals surface area (Å²) in [5, 5.41) is 7.51. The summed E-state index contributed by atoms with van der Waals surface area (Å²) < 4.78 is 1.97. The maximum Gasteiger partial charge on any atom is 0.230 e. The summed E-state index contributed by atoms with van der Waals surface area (Å²) in [6.07, 6.45) is 0.903. The molecule has 0 bridgehead atoms. The van der Waals surface area contributed by atoms with Crippen LogP contribution in [-0.4, -0.2) is 27.6 Å². The number of rotatable bonds is 5. The van der Waals surface area contributed by atoms with Crippen LogP contribution in [0.15, 0.2) is 6.07 Å². The second-order valence-corrected chi connectivity index (χ2v) is 4.05. The van der Waals surface area contributed by atoms with E-state index in [1.165, 1.54) is 5.69 Å². The molecule has 0 saturated heterocycles. The number of aryl methyl sites for hydroxylation is 3. The number of nitrogens with one attached hydrogen (secondary N) is 1. The molecular weight excluding hydrogens is 258 g/mol. The summed E-state index contributed by atoms with van der Waals surface area (Å²) in [6.45, 7) is 5.57. The van der Waals surface area contributed by atoms with Gasteiger partial charge < -0.3 is 5.32 Å². The lowest BCUT2D eigenvalue weighted by Crippen LogP contribution is -2.26. The molecule has 0 aliphatic rings. The van der Waals surface area contributed by atoms with Gasteiger partial charge in [0.05, 0.1) is 11.0 Å². The minimum absolute atomic E-state index is 0.0309. The Hall–Kier alpha value is -0.840. The molecule has 0 radical (unpaired) electrons. The van der Waals surface area contributed by atoms with Crippen molar-refractivity contribution in [1.29, 1.82) is 0 Å². The minimum Gasteiger partial charge on any atom is -0.355 e. The molecule has 1 rings (SSSR count). The van der Waals surface area contributed by atoms with E-state index < -0.39 is 0 Å². The number of hydrogen-bond acceptors (Lipinski definition) is 2. The van der Waals surface area contributed by atoms with Gasteiger partial charge in [-0.05, 0) is 26.3 Å². The summed E-state index contributed by atoms with van der Waals surface area (Å²) in [5.41, 5.74) is 2.20. The van der Waals surface area contributed by atoms with Crippen LogP contribution in [-0.2, 0) is 11.3 Å². The van der Waals surface area contributed by atoms with E-state index in [9.17, 15) is 4.79 Å². The Labute approximate surface area is 98.2 Å². The third kappa shape index (κ3) is 4.03. The topological polar surface area (TPSA) is 46.9 Å². The Morgan fingerprint density at radius 1 is 1.60 bits per heavy atom. The van der Waals surface area contributed by atoms with Crippen molar-refractivity contribution in [2.75, 3.05) is 11.9 Å². The predicted octanol–water partition coefficient (Wildman–Crippen LogP) is 1.40. The van der Waals surface area contributed by atoms with Crippen LogP contribution < -0.4 is 5.32 Å². The average molecular weight is 274 g/mol.